The van der Waals surface area contributed by atoms with Crippen LogP contribution in [0.2, 0.25) is 0 Å². The van der Waals surface area contributed by atoms with Gasteiger partial charge in [0.1, 0.15) is 0 Å². The summed E-state index contributed by atoms with van der Waals surface area (Å²) in [5.74, 6) is -0.701. The molecular weight excluding hydrogens is 240 g/mol. The predicted octanol–water partition coefficient (Wildman–Crippen LogP) is 1.67. The molecule has 0 amide bonds. The van der Waals surface area contributed by atoms with Crippen LogP contribution in [0.3, 0.4) is 0 Å². The monoisotopic (exact) mass is 262 g/mol. The maximum absolute atomic E-state index is 10.8. The first-order valence-corrected chi connectivity index (χ1v) is 6.83. The lowest BCUT2D eigenvalue weighted by molar-refractivity contribution is -0.137. The number of hydrogen-bond acceptors (Lipinski definition) is 3. The molecule has 0 aromatic heterocycles. The second-order valence-electron chi connectivity index (χ2n) is 5.30. The second kappa shape index (κ2) is 6.68. The molecule has 1 aromatic rings. The van der Waals surface area contributed by atoms with Crippen molar-refractivity contribution >= 4 is 5.97 Å². The molecule has 104 valence electrons. The summed E-state index contributed by atoms with van der Waals surface area (Å²) in [4.78, 5) is 15.5. The van der Waals surface area contributed by atoms with Gasteiger partial charge in [0.2, 0.25) is 0 Å². The van der Waals surface area contributed by atoms with Crippen LogP contribution in [-0.2, 0) is 11.3 Å². The number of hydrogen-bond donors (Lipinski definition) is 1. The highest BCUT2D eigenvalue weighted by Gasteiger charge is 2.25. The van der Waals surface area contributed by atoms with E-state index in [1.165, 1.54) is 5.56 Å². The molecule has 0 aliphatic carbocycles. The number of carboxylic acid groups (broad SMARTS) is 1. The molecule has 1 aliphatic rings. The van der Waals surface area contributed by atoms with Crippen molar-refractivity contribution in [3.05, 3.63) is 35.9 Å². The summed E-state index contributed by atoms with van der Waals surface area (Å²) in [6.07, 6.45) is 0.982. The van der Waals surface area contributed by atoms with Crippen molar-refractivity contribution in [2.24, 2.45) is 0 Å². The summed E-state index contributed by atoms with van der Waals surface area (Å²) in [5, 5.41) is 8.85. The van der Waals surface area contributed by atoms with Gasteiger partial charge in [-0.05, 0) is 19.0 Å². The molecule has 19 heavy (non-hydrogen) atoms. The van der Waals surface area contributed by atoms with E-state index in [-0.39, 0.29) is 6.42 Å². The smallest absolute Gasteiger partial charge is 0.303 e. The first-order chi connectivity index (χ1) is 9.15. The normalized spacial score (nSPS) is 21.4. The lowest BCUT2D eigenvalue weighted by Gasteiger charge is -2.40. The fourth-order valence-corrected chi connectivity index (χ4v) is 2.64. The Morgan fingerprint density at radius 2 is 2.05 bits per heavy atom. The van der Waals surface area contributed by atoms with Crippen LogP contribution < -0.4 is 0 Å². The standard InChI is InChI=1S/C15H22N2O2/c1-16-9-10-17(11-13-5-3-2-4-6-13)14(12-16)7-8-15(18)19/h2-6,14H,7-12H2,1H3,(H,18,19). The average Bonchev–Trinajstić information content (AvgIpc) is 2.40. The van der Waals surface area contributed by atoms with E-state index in [0.717, 1.165) is 32.6 Å². The Labute approximate surface area is 114 Å². The maximum Gasteiger partial charge on any atom is 0.303 e. The number of piperazine rings is 1. The number of rotatable bonds is 5. The highest BCUT2D eigenvalue weighted by atomic mass is 16.4. The van der Waals surface area contributed by atoms with Gasteiger partial charge in [0, 0.05) is 38.6 Å². The number of benzene rings is 1. The van der Waals surface area contributed by atoms with E-state index in [4.69, 9.17) is 5.11 Å². The number of carboxylic acids is 1. The second-order valence-corrected chi connectivity index (χ2v) is 5.30. The quantitative estimate of drug-likeness (QED) is 0.876. The molecule has 0 bridgehead atoms. The topological polar surface area (TPSA) is 43.8 Å². The van der Waals surface area contributed by atoms with E-state index in [1.807, 2.05) is 6.07 Å². The van der Waals surface area contributed by atoms with Crippen LogP contribution in [0.4, 0.5) is 0 Å². The SMILES string of the molecule is CN1CCN(Cc2ccccc2)C(CCC(=O)O)C1. The van der Waals surface area contributed by atoms with Gasteiger partial charge in [0.05, 0.1) is 0 Å². The van der Waals surface area contributed by atoms with E-state index < -0.39 is 5.97 Å². The molecule has 1 unspecified atom stereocenters. The summed E-state index contributed by atoms with van der Waals surface area (Å²) < 4.78 is 0. The molecule has 4 heteroatoms. The molecule has 0 saturated carbocycles. The minimum Gasteiger partial charge on any atom is -0.481 e. The maximum atomic E-state index is 10.8. The largest absolute Gasteiger partial charge is 0.481 e. The Morgan fingerprint density at radius 1 is 1.32 bits per heavy atom. The van der Waals surface area contributed by atoms with Crippen molar-refractivity contribution in [3.8, 4) is 0 Å². The van der Waals surface area contributed by atoms with Crippen molar-refractivity contribution in [2.75, 3.05) is 26.7 Å². The zero-order valence-electron chi connectivity index (χ0n) is 11.5. The molecule has 1 heterocycles. The molecule has 1 N–H and O–H groups in total. The average molecular weight is 262 g/mol. The van der Waals surface area contributed by atoms with Crippen LogP contribution in [0.5, 0.6) is 0 Å². The number of aliphatic carboxylic acids is 1. The van der Waals surface area contributed by atoms with Gasteiger partial charge in [-0.2, -0.15) is 0 Å². The van der Waals surface area contributed by atoms with E-state index in [2.05, 4.69) is 41.1 Å². The summed E-state index contributed by atoms with van der Waals surface area (Å²) >= 11 is 0. The predicted molar refractivity (Wildman–Crippen MR) is 75.0 cm³/mol. The minimum atomic E-state index is -0.701. The zero-order chi connectivity index (χ0) is 13.7. The minimum absolute atomic E-state index is 0.254. The number of carbonyl (C=O) groups is 1. The first kappa shape index (κ1) is 14.0. The number of likely N-dealkylation sites (N-methyl/N-ethyl adjacent to an activating group) is 1. The molecule has 1 fully saturated rings. The summed E-state index contributed by atoms with van der Waals surface area (Å²) in [7, 11) is 2.10. The van der Waals surface area contributed by atoms with Gasteiger partial charge < -0.3 is 10.0 Å². The molecule has 1 atom stereocenters. The lowest BCUT2D eigenvalue weighted by atomic mass is 10.1. The van der Waals surface area contributed by atoms with Gasteiger partial charge in [0.15, 0.2) is 0 Å². The van der Waals surface area contributed by atoms with Gasteiger partial charge in [-0.3, -0.25) is 9.69 Å². The zero-order valence-corrected chi connectivity index (χ0v) is 11.5. The fraction of sp³-hybridized carbons (Fsp3) is 0.533. The summed E-state index contributed by atoms with van der Waals surface area (Å²) in [6, 6.07) is 10.7. The van der Waals surface area contributed by atoms with Crippen LogP contribution in [0.15, 0.2) is 30.3 Å². The third-order valence-corrected chi connectivity index (χ3v) is 3.73. The van der Waals surface area contributed by atoms with Crippen molar-refractivity contribution in [1.29, 1.82) is 0 Å². The number of nitrogens with zero attached hydrogens (tertiary/aromatic N) is 2. The Morgan fingerprint density at radius 3 is 2.74 bits per heavy atom. The van der Waals surface area contributed by atoms with Crippen molar-refractivity contribution in [2.45, 2.75) is 25.4 Å². The third-order valence-electron chi connectivity index (χ3n) is 3.73. The van der Waals surface area contributed by atoms with Gasteiger partial charge in [-0.1, -0.05) is 30.3 Å². The van der Waals surface area contributed by atoms with Gasteiger partial charge in [-0.15, -0.1) is 0 Å². The van der Waals surface area contributed by atoms with E-state index in [9.17, 15) is 4.79 Å². The summed E-state index contributed by atoms with van der Waals surface area (Å²) in [5.41, 5.74) is 1.30. The van der Waals surface area contributed by atoms with Crippen molar-refractivity contribution in [1.82, 2.24) is 9.80 Å². The molecular formula is C15H22N2O2. The van der Waals surface area contributed by atoms with Crippen LogP contribution >= 0.6 is 0 Å². The Balaban J connectivity index is 1.97. The van der Waals surface area contributed by atoms with Crippen LogP contribution in [0, 0.1) is 0 Å². The van der Waals surface area contributed by atoms with Crippen LogP contribution in [0.1, 0.15) is 18.4 Å². The molecule has 1 aromatic carbocycles. The lowest BCUT2D eigenvalue weighted by Crippen LogP contribution is -2.51. The van der Waals surface area contributed by atoms with Gasteiger partial charge >= 0.3 is 5.97 Å². The Hall–Kier alpha value is -1.39. The van der Waals surface area contributed by atoms with Crippen molar-refractivity contribution in [3.63, 3.8) is 0 Å². The van der Waals surface area contributed by atoms with Gasteiger partial charge in [0.25, 0.3) is 0 Å². The van der Waals surface area contributed by atoms with Crippen LogP contribution in [0.25, 0.3) is 0 Å². The molecule has 0 spiro atoms. The Bertz CT molecular complexity index is 408. The Kier molecular flexibility index (Phi) is 4.93. The summed E-state index contributed by atoms with van der Waals surface area (Å²) in [6.45, 7) is 3.94. The highest BCUT2D eigenvalue weighted by Crippen LogP contribution is 2.17. The molecule has 2 rings (SSSR count). The van der Waals surface area contributed by atoms with Crippen LogP contribution in [-0.4, -0.2) is 53.6 Å². The first-order valence-electron chi connectivity index (χ1n) is 6.83. The van der Waals surface area contributed by atoms with E-state index in [1.54, 1.807) is 0 Å². The third kappa shape index (κ3) is 4.33. The molecule has 4 nitrogen and oxygen atoms in total. The molecule has 1 saturated heterocycles. The molecule has 0 radical (unpaired) electrons. The van der Waals surface area contributed by atoms with E-state index >= 15 is 0 Å². The highest BCUT2D eigenvalue weighted by molar-refractivity contribution is 5.66. The molecule has 1 aliphatic heterocycles. The fourth-order valence-electron chi connectivity index (χ4n) is 2.64. The van der Waals surface area contributed by atoms with Gasteiger partial charge in [-0.25, -0.2) is 0 Å². The van der Waals surface area contributed by atoms with Crippen molar-refractivity contribution < 1.29 is 9.90 Å². The van der Waals surface area contributed by atoms with E-state index in [0.29, 0.717) is 6.04 Å².